The molecule has 0 aromatic heterocycles. The summed E-state index contributed by atoms with van der Waals surface area (Å²) in [6.45, 7) is -0.446. The summed E-state index contributed by atoms with van der Waals surface area (Å²) in [4.78, 5) is 13.8. The maximum atomic E-state index is 12.8. The van der Waals surface area contributed by atoms with Crippen molar-refractivity contribution in [1.29, 1.82) is 0 Å². The smallest absolute Gasteiger partial charge is 0.266 e. The van der Waals surface area contributed by atoms with Gasteiger partial charge < -0.3 is 5.11 Å². The zero-order chi connectivity index (χ0) is 16.0. The second kappa shape index (κ2) is 7.00. The van der Waals surface area contributed by atoms with Gasteiger partial charge in [0, 0.05) is 0 Å². The molecule has 2 rings (SSSR count). The van der Waals surface area contributed by atoms with Gasteiger partial charge in [-0.05, 0) is 24.3 Å². The van der Waals surface area contributed by atoms with Gasteiger partial charge in [-0.15, -0.1) is 0 Å². The summed E-state index contributed by atoms with van der Waals surface area (Å²) in [5, 5.41) is 9.19. The van der Waals surface area contributed by atoms with E-state index in [1.165, 1.54) is 18.2 Å². The maximum absolute atomic E-state index is 12.8. The topological polar surface area (TPSA) is 87.0 Å². The maximum Gasteiger partial charge on any atom is 0.266 e. The van der Waals surface area contributed by atoms with E-state index in [2.05, 4.69) is 4.99 Å². The third-order valence-electron chi connectivity index (χ3n) is 2.95. The van der Waals surface area contributed by atoms with Crippen LogP contribution in [0.5, 0.6) is 0 Å². The van der Waals surface area contributed by atoms with Crippen LogP contribution >= 0.6 is 0 Å². The van der Waals surface area contributed by atoms with Gasteiger partial charge in [0.05, 0.1) is 24.5 Å². The number of aliphatic hydroxyl groups is 1. The molecule has 6 nitrogen and oxygen atoms in total. The van der Waals surface area contributed by atoms with Gasteiger partial charge in [-0.25, -0.2) is 13.2 Å². The highest BCUT2D eigenvalue weighted by atomic mass is 32.2. The standard InChI is InChI=1S/C15H14N2O4S/c18-11-10-17(13-6-2-1-3-7-13)22(20,21)15-9-5-4-8-14(15)16-12-19/h1-9,18H,10-11H2. The number of hydrogen-bond donors (Lipinski definition) is 1. The molecular weight excluding hydrogens is 304 g/mol. The summed E-state index contributed by atoms with van der Waals surface area (Å²) in [5.41, 5.74) is 0.429. The second-order valence-electron chi connectivity index (χ2n) is 4.31. The summed E-state index contributed by atoms with van der Waals surface area (Å²) in [6.07, 6.45) is 1.35. The van der Waals surface area contributed by atoms with Gasteiger partial charge in [0.1, 0.15) is 4.90 Å². The Morgan fingerprint density at radius 1 is 1.05 bits per heavy atom. The molecule has 0 aliphatic carbocycles. The lowest BCUT2D eigenvalue weighted by Gasteiger charge is -2.24. The van der Waals surface area contributed by atoms with E-state index in [4.69, 9.17) is 0 Å². The van der Waals surface area contributed by atoms with Gasteiger partial charge >= 0.3 is 0 Å². The lowest BCUT2D eigenvalue weighted by Crippen LogP contribution is -2.33. The second-order valence-corrected chi connectivity index (χ2v) is 6.14. The number of sulfonamides is 1. The largest absolute Gasteiger partial charge is 0.394 e. The number of anilines is 1. The molecular formula is C15H14N2O4S. The first-order valence-electron chi connectivity index (χ1n) is 6.47. The summed E-state index contributed by atoms with van der Waals surface area (Å²) in [7, 11) is -3.97. The van der Waals surface area contributed by atoms with Crippen LogP contribution in [0.1, 0.15) is 0 Å². The monoisotopic (exact) mass is 318 g/mol. The van der Waals surface area contributed by atoms with Gasteiger partial charge in [0.15, 0.2) is 0 Å². The minimum atomic E-state index is -3.97. The first-order valence-corrected chi connectivity index (χ1v) is 7.91. The molecule has 0 heterocycles. The molecule has 1 N–H and O–H groups in total. The Bertz CT molecular complexity index is 784. The van der Waals surface area contributed by atoms with E-state index in [1.54, 1.807) is 42.5 Å². The predicted molar refractivity (Wildman–Crippen MR) is 82.3 cm³/mol. The molecule has 0 unspecified atom stereocenters. The molecule has 0 saturated heterocycles. The number of isocyanates is 1. The fraction of sp³-hybridized carbons (Fsp3) is 0.133. The highest BCUT2D eigenvalue weighted by Crippen LogP contribution is 2.29. The van der Waals surface area contributed by atoms with Crippen LogP contribution < -0.4 is 4.31 Å². The minimum Gasteiger partial charge on any atom is -0.394 e. The average molecular weight is 318 g/mol. The molecule has 22 heavy (non-hydrogen) atoms. The Balaban J connectivity index is 2.58. The van der Waals surface area contributed by atoms with E-state index in [9.17, 15) is 18.3 Å². The van der Waals surface area contributed by atoms with Crippen LogP contribution in [0.15, 0.2) is 64.5 Å². The third-order valence-corrected chi connectivity index (χ3v) is 4.82. The fourth-order valence-corrected chi connectivity index (χ4v) is 3.60. The summed E-state index contributed by atoms with van der Waals surface area (Å²) in [6, 6.07) is 14.3. The van der Waals surface area contributed by atoms with Gasteiger partial charge in [-0.1, -0.05) is 30.3 Å². The van der Waals surface area contributed by atoms with Crippen LogP contribution in [0.2, 0.25) is 0 Å². The molecule has 0 atom stereocenters. The first-order chi connectivity index (χ1) is 10.6. The van der Waals surface area contributed by atoms with Crippen LogP contribution in [0.4, 0.5) is 11.4 Å². The van der Waals surface area contributed by atoms with Gasteiger partial charge in [0.25, 0.3) is 10.0 Å². The zero-order valence-corrected chi connectivity index (χ0v) is 12.4. The number of carbonyl (C=O) groups excluding carboxylic acids is 1. The van der Waals surface area contributed by atoms with E-state index in [0.717, 1.165) is 4.31 Å². The number of rotatable bonds is 6. The van der Waals surface area contributed by atoms with E-state index < -0.39 is 10.0 Å². The minimum absolute atomic E-state index is 0.0105. The van der Waals surface area contributed by atoms with Crippen LogP contribution in [0, 0.1) is 0 Å². The number of aliphatic hydroxyl groups excluding tert-OH is 1. The Labute approximate surface area is 128 Å². The van der Waals surface area contributed by atoms with Crippen LogP contribution in [-0.2, 0) is 14.8 Å². The van der Waals surface area contributed by atoms with E-state index in [0.29, 0.717) is 5.69 Å². The molecule has 0 radical (unpaired) electrons. The van der Waals surface area contributed by atoms with Crippen molar-refractivity contribution in [2.75, 3.05) is 17.5 Å². The third kappa shape index (κ3) is 3.23. The molecule has 7 heteroatoms. The zero-order valence-electron chi connectivity index (χ0n) is 11.6. The molecule has 0 spiro atoms. The predicted octanol–water partition coefficient (Wildman–Crippen LogP) is 1.84. The first kappa shape index (κ1) is 15.9. The normalized spacial score (nSPS) is 10.8. The van der Waals surface area contributed by atoms with Crippen molar-refractivity contribution in [2.45, 2.75) is 4.90 Å². The molecule has 0 bridgehead atoms. The molecule has 0 fully saturated rings. The van der Waals surface area contributed by atoms with Crippen molar-refractivity contribution in [3.05, 3.63) is 54.6 Å². The van der Waals surface area contributed by atoms with E-state index >= 15 is 0 Å². The van der Waals surface area contributed by atoms with Crippen LogP contribution in [0.25, 0.3) is 0 Å². The number of para-hydroxylation sites is 2. The van der Waals surface area contributed by atoms with Crippen molar-refractivity contribution >= 4 is 27.5 Å². The Hall–Kier alpha value is -2.47. The Morgan fingerprint density at radius 2 is 1.68 bits per heavy atom. The summed E-state index contributed by atoms with van der Waals surface area (Å²) >= 11 is 0. The molecule has 114 valence electrons. The SMILES string of the molecule is O=C=Nc1ccccc1S(=O)(=O)N(CCO)c1ccccc1. The number of aliphatic imine (C=N–C) groups is 1. The molecule has 0 aliphatic heterocycles. The van der Waals surface area contributed by atoms with E-state index in [1.807, 2.05) is 0 Å². The van der Waals surface area contributed by atoms with Gasteiger partial charge in [-0.2, -0.15) is 4.99 Å². The lowest BCUT2D eigenvalue weighted by atomic mass is 10.3. The number of benzene rings is 2. The van der Waals surface area contributed by atoms with Crippen molar-refractivity contribution in [3.8, 4) is 0 Å². The average Bonchev–Trinajstić information content (AvgIpc) is 2.54. The summed E-state index contributed by atoms with van der Waals surface area (Å²) < 4.78 is 26.8. The van der Waals surface area contributed by atoms with Crippen molar-refractivity contribution in [3.63, 3.8) is 0 Å². The highest BCUT2D eigenvalue weighted by molar-refractivity contribution is 7.93. The quantitative estimate of drug-likeness (QED) is 0.650. The van der Waals surface area contributed by atoms with Gasteiger partial charge in [0.2, 0.25) is 6.08 Å². The lowest BCUT2D eigenvalue weighted by molar-refractivity contribution is 0.306. The Morgan fingerprint density at radius 3 is 2.32 bits per heavy atom. The van der Waals surface area contributed by atoms with Crippen LogP contribution in [-0.4, -0.2) is 32.8 Å². The van der Waals surface area contributed by atoms with Crippen molar-refractivity contribution < 1.29 is 18.3 Å². The molecule has 0 saturated carbocycles. The fourth-order valence-electron chi connectivity index (χ4n) is 2.01. The molecule has 2 aromatic carbocycles. The summed E-state index contributed by atoms with van der Waals surface area (Å²) in [5.74, 6) is 0. The van der Waals surface area contributed by atoms with Gasteiger partial charge in [-0.3, -0.25) is 4.31 Å². The molecule has 0 aliphatic rings. The number of nitrogens with zero attached hydrogens (tertiary/aromatic N) is 2. The van der Waals surface area contributed by atoms with Crippen LogP contribution in [0.3, 0.4) is 0 Å². The Kier molecular flexibility index (Phi) is 5.06. The highest BCUT2D eigenvalue weighted by Gasteiger charge is 2.26. The van der Waals surface area contributed by atoms with Crippen molar-refractivity contribution in [2.24, 2.45) is 4.99 Å². The molecule has 0 amide bonds. The van der Waals surface area contributed by atoms with Crippen molar-refractivity contribution in [1.82, 2.24) is 0 Å². The number of hydrogen-bond acceptors (Lipinski definition) is 5. The van der Waals surface area contributed by atoms with E-state index in [-0.39, 0.29) is 23.7 Å². The molecule has 2 aromatic rings.